The molecule has 4 nitrogen and oxygen atoms in total. The first-order chi connectivity index (χ1) is 11.2. The van der Waals surface area contributed by atoms with Crippen LogP contribution in [0.3, 0.4) is 0 Å². The second kappa shape index (κ2) is 4.99. The number of aromatic amines is 1. The summed E-state index contributed by atoms with van der Waals surface area (Å²) >= 11 is 0. The van der Waals surface area contributed by atoms with E-state index in [1.807, 2.05) is 35.3 Å². The quantitative estimate of drug-likeness (QED) is 0.607. The smallest absolute Gasteiger partial charge is 0.0992 e. The Labute approximate surface area is 134 Å². The monoisotopic (exact) mass is 300 g/mol. The minimum atomic E-state index is 0.641. The van der Waals surface area contributed by atoms with E-state index in [2.05, 4.69) is 42.1 Å². The number of fused-ring (bicyclic) bond motifs is 2. The van der Waals surface area contributed by atoms with Gasteiger partial charge in [0.25, 0.3) is 0 Å². The molecule has 2 aromatic heterocycles. The first-order valence-corrected chi connectivity index (χ1v) is 7.59. The van der Waals surface area contributed by atoms with Gasteiger partial charge in [-0.3, -0.25) is 4.68 Å². The van der Waals surface area contributed by atoms with Gasteiger partial charge < -0.3 is 4.98 Å². The van der Waals surface area contributed by atoms with Crippen LogP contribution in [-0.2, 0) is 6.54 Å². The highest BCUT2D eigenvalue weighted by Gasteiger charge is 2.10. The summed E-state index contributed by atoms with van der Waals surface area (Å²) in [5.74, 6) is 0. The van der Waals surface area contributed by atoms with Crippen LogP contribution in [0.4, 0.5) is 0 Å². The molecule has 0 unspecified atom stereocenters. The van der Waals surface area contributed by atoms with E-state index in [9.17, 15) is 0 Å². The van der Waals surface area contributed by atoms with Crippen molar-refractivity contribution in [1.29, 1.82) is 5.26 Å². The summed E-state index contributed by atoms with van der Waals surface area (Å²) < 4.78 is 1.95. The lowest BCUT2D eigenvalue weighted by Crippen LogP contribution is -2.03. The van der Waals surface area contributed by atoms with E-state index < -0.39 is 0 Å². The molecule has 0 aliphatic heterocycles. The van der Waals surface area contributed by atoms with E-state index in [-0.39, 0.29) is 0 Å². The fourth-order valence-electron chi connectivity index (χ4n) is 3.23. The van der Waals surface area contributed by atoms with Crippen LogP contribution in [0, 0.1) is 25.2 Å². The zero-order valence-electron chi connectivity index (χ0n) is 13.1. The van der Waals surface area contributed by atoms with Gasteiger partial charge in [0.15, 0.2) is 0 Å². The van der Waals surface area contributed by atoms with Gasteiger partial charge in [-0.15, -0.1) is 0 Å². The van der Waals surface area contributed by atoms with Crippen molar-refractivity contribution in [2.75, 3.05) is 0 Å². The number of nitrogens with zero attached hydrogens (tertiary/aromatic N) is 3. The number of rotatable bonds is 2. The maximum atomic E-state index is 9.01. The summed E-state index contributed by atoms with van der Waals surface area (Å²) in [5, 5.41) is 15.9. The van der Waals surface area contributed by atoms with Crippen molar-refractivity contribution in [3.63, 3.8) is 0 Å². The number of H-pyrrole nitrogens is 1. The van der Waals surface area contributed by atoms with Crippen molar-refractivity contribution in [2.24, 2.45) is 0 Å². The molecule has 2 aromatic carbocycles. The second-order valence-corrected chi connectivity index (χ2v) is 5.97. The predicted octanol–water partition coefficient (Wildman–Crippen LogP) is 4.05. The Morgan fingerprint density at radius 1 is 1.17 bits per heavy atom. The molecule has 0 spiro atoms. The van der Waals surface area contributed by atoms with Crippen LogP contribution < -0.4 is 0 Å². The van der Waals surface area contributed by atoms with Crippen molar-refractivity contribution in [1.82, 2.24) is 14.8 Å². The maximum absolute atomic E-state index is 9.01. The van der Waals surface area contributed by atoms with Crippen LogP contribution in [0.15, 0.2) is 42.7 Å². The molecule has 1 N–H and O–H groups in total. The molecule has 0 bridgehead atoms. The van der Waals surface area contributed by atoms with Gasteiger partial charge in [-0.05, 0) is 54.8 Å². The topological polar surface area (TPSA) is 57.4 Å². The number of benzene rings is 2. The SMILES string of the molecule is Cc1cc(C)c2[nH]ccc2c1Cn1cc2ccc(C#N)cc2n1. The van der Waals surface area contributed by atoms with E-state index in [0.29, 0.717) is 5.56 Å². The zero-order valence-corrected chi connectivity index (χ0v) is 13.1. The van der Waals surface area contributed by atoms with Gasteiger partial charge in [0, 0.05) is 28.7 Å². The first kappa shape index (κ1) is 13.6. The number of aromatic nitrogens is 3. The van der Waals surface area contributed by atoms with E-state index in [4.69, 9.17) is 5.26 Å². The first-order valence-electron chi connectivity index (χ1n) is 7.59. The number of aryl methyl sites for hydroxylation is 2. The summed E-state index contributed by atoms with van der Waals surface area (Å²) in [4.78, 5) is 3.32. The Kier molecular flexibility index (Phi) is 2.95. The molecule has 0 saturated heterocycles. The van der Waals surface area contributed by atoms with Gasteiger partial charge in [-0.2, -0.15) is 10.4 Å². The highest BCUT2D eigenvalue weighted by atomic mass is 15.3. The number of nitriles is 1. The lowest BCUT2D eigenvalue weighted by atomic mass is 10.0. The zero-order chi connectivity index (χ0) is 16.0. The molecular weight excluding hydrogens is 284 g/mol. The molecule has 0 fully saturated rings. The number of hydrogen-bond acceptors (Lipinski definition) is 2. The summed E-state index contributed by atoms with van der Waals surface area (Å²) in [7, 11) is 0. The third-order valence-electron chi connectivity index (χ3n) is 4.38. The van der Waals surface area contributed by atoms with Crippen LogP contribution in [0.1, 0.15) is 22.3 Å². The van der Waals surface area contributed by atoms with Crippen LogP contribution in [0.2, 0.25) is 0 Å². The van der Waals surface area contributed by atoms with Crippen molar-refractivity contribution in [3.8, 4) is 6.07 Å². The summed E-state index contributed by atoms with van der Waals surface area (Å²) in [6.45, 7) is 4.99. The second-order valence-electron chi connectivity index (χ2n) is 5.97. The molecule has 2 heterocycles. The number of hydrogen-bond donors (Lipinski definition) is 1. The van der Waals surface area contributed by atoms with Crippen molar-refractivity contribution in [3.05, 3.63) is 65.0 Å². The third kappa shape index (κ3) is 2.18. The van der Waals surface area contributed by atoms with Crippen molar-refractivity contribution in [2.45, 2.75) is 20.4 Å². The lowest BCUT2D eigenvalue weighted by Gasteiger charge is -2.10. The molecule has 4 aromatic rings. The Bertz CT molecular complexity index is 1080. The van der Waals surface area contributed by atoms with E-state index >= 15 is 0 Å². The molecule has 0 radical (unpaired) electrons. The molecular formula is C19H16N4. The molecule has 0 aliphatic rings. The molecule has 4 heteroatoms. The van der Waals surface area contributed by atoms with E-state index in [1.54, 1.807) is 0 Å². The van der Waals surface area contributed by atoms with Gasteiger partial charge in [0.05, 0.1) is 23.7 Å². The van der Waals surface area contributed by atoms with Crippen molar-refractivity contribution >= 4 is 21.8 Å². The molecule has 0 atom stereocenters. The van der Waals surface area contributed by atoms with Crippen molar-refractivity contribution < 1.29 is 0 Å². The van der Waals surface area contributed by atoms with Gasteiger partial charge in [-0.1, -0.05) is 6.07 Å². The number of nitrogens with one attached hydrogen (secondary N) is 1. The average Bonchev–Trinajstić information content (AvgIpc) is 3.17. The standard InChI is InChI=1S/C19H16N4/c1-12-7-13(2)19-16(5-6-21-19)17(12)11-23-10-15-4-3-14(9-20)8-18(15)22-23/h3-8,10,21H,11H2,1-2H3. The summed E-state index contributed by atoms with van der Waals surface area (Å²) in [5.41, 5.74) is 6.50. The van der Waals surface area contributed by atoms with Gasteiger partial charge in [-0.25, -0.2) is 0 Å². The Morgan fingerprint density at radius 2 is 2.04 bits per heavy atom. The fourth-order valence-corrected chi connectivity index (χ4v) is 3.23. The summed E-state index contributed by atoms with van der Waals surface area (Å²) in [6.07, 6.45) is 4.02. The third-order valence-corrected chi connectivity index (χ3v) is 4.38. The minimum absolute atomic E-state index is 0.641. The molecule has 0 amide bonds. The van der Waals surface area contributed by atoms with Crippen LogP contribution >= 0.6 is 0 Å². The van der Waals surface area contributed by atoms with Gasteiger partial charge in [0.1, 0.15) is 0 Å². The summed E-state index contributed by atoms with van der Waals surface area (Å²) in [6, 6.07) is 12.1. The lowest BCUT2D eigenvalue weighted by molar-refractivity contribution is 0.696. The van der Waals surface area contributed by atoms with E-state index in [1.165, 1.54) is 27.6 Å². The van der Waals surface area contributed by atoms with Crippen LogP contribution in [0.25, 0.3) is 21.8 Å². The predicted molar refractivity (Wildman–Crippen MR) is 91.3 cm³/mol. The van der Waals surface area contributed by atoms with E-state index in [0.717, 1.165) is 17.4 Å². The Morgan fingerprint density at radius 3 is 2.87 bits per heavy atom. The highest BCUT2D eigenvalue weighted by molar-refractivity contribution is 5.87. The molecule has 0 aliphatic carbocycles. The van der Waals surface area contributed by atoms with Crippen LogP contribution in [-0.4, -0.2) is 14.8 Å². The highest BCUT2D eigenvalue weighted by Crippen LogP contribution is 2.26. The fraction of sp³-hybridized carbons (Fsp3) is 0.158. The molecule has 4 rings (SSSR count). The molecule has 112 valence electrons. The van der Waals surface area contributed by atoms with Gasteiger partial charge in [0.2, 0.25) is 0 Å². The van der Waals surface area contributed by atoms with Gasteiger partial charge >= 0.3 is 0 Å². The minimum Gasteiger partial charge on any atom is -0.361 e. The van der Waals surface area contributed by atoms with Crippen LogP contribution in [0.5, 0.6) is 0 Å². The molecule has 23 heavy (non-hydrogen) atoms. The maximum Gasteiger partial charge on any atom is 0.0992 e. The Hall–Kier alpha value is -3.06. The largest absolute Gasteiger partial charge is 0.361 e. The Balaban J connectivity index is 1.82. The molecule has 0 saturated carbocycles. The normalized spacial score (nSPS) is 11.2. The average molecular weight is 300 g/mol.